The first-order valence-electron chi connectivity index (χ1n) is 5.44. The van der Waals surface area contributed by atoms with Crippen LogP contribution in [0.1, 0.15) is 13.8 Å². The van der Waals surface area contributed by atoms with E-state index in [1.807, 2.05) is 18.2 Å². The van der Waals surface area contributed by atoms with Gasteiger partial charge in [-0.25, -0.2) is 0 Å². The second-order valence-corrected chi connectivity index (χ2v) is 5.95. The van der Waals surface area contributed by atoms with E-state index in [4.69, 9.17) is 0 Å². The monoisotopic (exact) mass is 362 g/mol. The van der Waals surface area contributed by atoms with E-state index in [1.165, 1.54) is 0 Å². The Balaban J connectivity index is 2.42. The number of amides is 1. The minimum atomic E-state index is 0.00789. The molecule has 1 rings (SSSR count). The maximum atomic E-state index is 11.5. The second-order valence-electron chi connectivity index (χ2n) is 4.18. The predicted molar refractivity (Wildman–Crippen MR) is 78.2 cm³/mol. The van der Waals surface area contributed by atoms with Crippen molar-refractivity contribution in [3.05, 3.63) is 27.1 Å². The molecule has 0 aliphatic carbocycles. The van der Waals surface area contributed by atoms with Gasteiger partial charge in [0.1, 0.15) is 0 Å². The van der Waals surface area contributed by atoms with Crippen LogP contribution in [0.25, 0.3) is 0 Å². The highest BCUT2D eigenvalue weighted by molar-refractivity contribution is 9.11. The molecule has 3 nitrogen and oxygen atoms in total. The normalized spacial score (nSPS) is 10.4. The van der Waals surface area contributed by atoms with E-state index >= 15 is 0 Å². The Kier molecular flexibility index (Phi) is 5.98. The highest BCUT2D eigenvalue weighted by Gasteiger charge is 2.04. The number of carbonyl (C=O) groups excluding carboxylic acids is 1. The van der Waals surface area contributed by atoms with Crippen LogP contribution >= 0.6 is 31.9 Å². The average Bonchev–Trinajstić information content (AvgIpc) is 2.25. The summed E-state index contributed by atoms with van der Waals surface area (Å²) in [5.74, 6) is 0.479. The summed E-state index contributed by atoms with van der Waals surface area (Å²) >= 11 is 6.82. The maximum Gasteiger partial charge on any atom is 0.239 e. The van der Waals surface area contributed by atoms with Crippen LogP contribution in [-0.2, 0) is 4.79 Å². The van der Waals surface area contributed by atoms with Crippen molar-refractivity contribution in [2.45, 2.75) is 13.8 Å². The number of rotatable bonds is 5. The van der Waals surface area contributed by atoms with Crippen LogP contribution in [0.3, 0.4) is 0 Å². The standard InChI is InChI=1S/C12H16Br2N2O/c1-8(2)6-16-12(17)7-15-11-4-3-9(13)5-10(11)14/h3-5,8,15H,6-7H2,1-2H3,(H,16,17). The van der Waals surface area contributed by atoms with E-state index in [0.717, 1.165) is 14.6 Å². The van der Waals surface area contributed by atoms with Crippen molar-refractivity contribution in [2.75, 3.05) is 18.4 Å². The van der Waals surface area contributed by atoms with Crippen LogP contribution in [-0.4, -0.2) is 19.0 Å². The first-order chi connectivity index (χ1) is 7.99. The van der Waals surface area contributed by atoms with E-state index in [2.05, 4.69) is 56.3 Å². The SMILES string of the molecule is CC(C)CNC(=O)CNc1ccc(Br)cc1Br. The third-order valence-electron chi connectivity index (χ3n) is 2.08. The third-order valence-corrected chi connectivity index (χ3v) is 3.23. The molecule has 2 N–H and O–H groups in total. The van der Waals surface area contributed by atoms with E-state index in [1.54, 1.807) is 0 Å². The van der Waals surface area contributed by atoms with Crippen molar-refractivity contribution in [3.8, 4) is 0 Å². The summed E-state index contributed by atoms with van der Waals surface area (Å²) < 4.78 is 1.93. The summed E-state index contributed by atoms with van der Waals surface area (Å²) in [6, 6.07) is 5.79. The van der Waals surface area contributed by atoms with Gasteiger partial charge in [0.15, 0.2) is 0 Å². The Morgan fingerprint density at radius 3 is 2.65 bits per heavy atom. The largest absolute Gasteiger partial charge is 0.375 e. The summed E-state index contributed by atoms with van der Waals surface area (Å²) in [6.07, 6.45) is 0. The Bertz CT molecular complexity index is 394. The van der Waals surface area contributed by atoms with Gasteiger partial charge in [0.25, 0.3) is 0 Å². The number of halogens is 2. The zero-order valence-electron chi connectivity index (χ0n) is 9.89. The minimum Gasteiger partial charge on any atom is -0.375 e. The molecule has 5 heteroatoms. The van der Waals surface area contributed by atoms with E-state index in [9.17, 15) is 4.79 Å². The lowest BCUT2D eigenvalue weighted by Crippen LogP contribution is -2.32. The first-order valence-corrected chi connectivity index (χ1v) is 7.03. The molecule has 0 unspecified atom stereocenters. The molecular formula is C12H16Br2N2O. The van der Waals surface area contributed by atoms with E-state index in [0.29, 0.717) is 12.5 Å². The summed E-state index contributed by atoms with van der Waals surface area (Å²) in [5.41, 5.74) is 0.910. The number of anilines is 1. The van der Waals surface area contributed by atoms with Gasteiger partial charge in [-0.3, -0.25) is 4.79 Å². The van der Waals surface area contributed by atoms with Gasteiger partial charge in [-0.2, -0.15) is 0 Å². The van der Waals surface area contributed by atoms with Crippen molar-refractivity contribution < 1.29 is 4.79 Å². The fourth-order valence-electron chi connectivity index (χ4n) is 1.19. The summed E-state index contributed by atoms with van der Waals surface area (Å²) in [6.45, 7) is 5.13. The van der Waals surface area contributed by atoms with Crippen LogP contribution in [0.5, 0.6) is 0 Å². The van der Waals surface area contributed by atoms with E-state index in [-0.39, 0.29) is 12.5 Å². The molecule has 0 heterocycles. The van der Waals surface area contributed by atoms with Crippen molar-refractivity contribution in [2.24, 2.45) is 5.92 Å². The lowest BCUT2D eigenvalue weighted by molar-refractivity contribution is -0.119. The zero-order valence-corrected chi connectivity index (χ0v) is 13.1. The number of carbonyl (C=O) groups is 1. The van der Waals surface area contributed by atoms with Crippen LogP contribution in [0.4, 0.5) is 5.69 Å². The topological polar surface area (TPSA) is 41.1 Å². The molecule has 0 atom stereocenters. The molecule has 1 aromatic rings. The Hall–Kier alpha value is -0.550. The first kappa shape index (κ1) is 14.5. The highest BCUT2D eigenvalue weighted by atomic mass is 79.9. The van der Waals surface area contributed by atoms with Gasteiger partial charge in [-0.1, -0.05) is 29.8 Å². The van der Waals surface area contributed by atoms with Gasteiger partial charge in [-0.15, -0.1) is 0 Å². The van der Waals surface area contributed by atoms with Gasteiger partial charge >= 0.3 is 0 Å². The van der Waals surface area contributed by atoms with Crippen molar-refractivity contribution in [1.82, 2.24) is 5.32 Å². The van der Waals surface area contributed by atoms with Crippen LogP contribution in [0, 0.1) is 5.92 Å². The zero-order chi connectivity index (χ0) is 12.8. The van der Waals surface area contributed by atoms with Crippen LogP contribution < -0.4 is 10.6 Å². The van der Waals surface area contributed by atoms with Crippen molar-refractivity contribution in [1.29, 1.82) is 0 Å². The Morgan fingerprint density at radius 1 is 1.35 bits per heavy atom. The van der Waals surface area contributed by atoms with Gasteiger partial charge in [0.05, 0.1) is 6.54 Å². The number of nitrogens with one attached hydrogen (secondary N) is 2. The molecule has 0 saturated heterocycles. The van der Waals surface area contributed by atoms with Crippen LogP contribution in [0.2, 0.25) is 0 Å². The molecule has 0 radical (unpaired) electrons. The molecule has 0 fully saturated rings. The molecule has 0 aromatic heterocycles. The summed E-state index contributed by atoms with van der Waals surface area (Å²) in [7, 11) is 0. The summed E-state index contributed by atoms with van der Waals surface area (Å²) in [5, 5.41) is 5.94. The summed E-state index contributed by atoms with van der Waals surface area (Å²) in [4.78, 5) is 11.5. The average molecular weight is 364 g/mol. The smallest absolute Gasteiger partial charge is 0.239 e. The molecular weight excluding hydrogens is 348 g/mol. The Labute approximate surface area is 119 Å². The quantitative estimate of drug-likeness (QED) is 0.841. The van der Waals surface area contributed by atoms with Crippen LogP contribution in [0.15, 0.2) is 27.1 Å². The molecule has 0 spiro atoms. The van der Waals surface area contributed by atoms with Crippen molar-refractivity contribution in [3.63, 3.8) is 0 Å². The molecule has 17 heavy (non-hydrogen) atoms. The molecule has 0 bridgehead atoms. The number of hydrogen-bond donors (Lipinski definition) is 2. The molecule has 94 valence electrons. The lowest BCUT2D eigenvalue weighted by Gasteiger charge is -2.10. The number of hydrogen-bond acceptors (Lipinski definition) is 2. The molecule has 0 saturated carbocycles. The second kappa shape index (κ2) is 7.01. The molecule has 1 amide bonds. The molecule has 0 aliphatic heterocycles. The maximum absolute atomic E-state index is 11.5. The van der Waals surface area contributed by atoms with Gasteiger partial charge in [0, 0.05) is 21.2 Å². The minimum absolute atomic E-state index is 0.00789. The predicted octanol–water partition coefficient (Wildman–Crippen LogP) is 3.40. The van der Waals surface area contributed by atoms with E-state index < -0.39 is 0 Å². The fourth-order valence-corrected chi connectivity index (χ4v) is 2.38. The van der Waals surface area contributed by atoms with Gasteiger partial charge < -0.3 is 10.6 Å². The molecule has 1 aromatic carbocycles. The van der Waals surface area contributed by atoms with Crippen molar-refractivity contribution >= 4 is 43.5 Å². The highest BCUT2D eigenvalue weighted by Crippen LogP contribution is 2.25. The number of benzene rings is 1. The third kappa shape index (κ3) is 5.55. The molecule has 0 aliphatic rings. The lowest BCUT2D eigenvalue weighted by atomic mass is 10.2. The fraction of sp³-hybridized carbons (Fsp3) is 0.417. The Morgan fingerprint density at radius 2 is 2.06 bits per heavy atom. The van der Waals surface area contributed by atoms with Gasteiger partial charge in [-0.05, 0) is 40.0 Å². The van der Waals surface area contributed by atoms with Gasteiger partial charge in [0.2, 0.25) is 5.91 Å².